The van der Waals surface area contributed by atoms with Crippen molar-refractivity contribution in [3.63, 3.8) is 0 Å². The molecule has 0 fully saturated rings. The molecule has 0 aliphatic carbocycles. The maximum Gasteiger partial charge on any atom is 0.223 e. The van der Waals surface area contributed by atoms with Crippen LogP contribution in [0.4, 0.5) is 11.5 Å². The predicted octanol–water partition coefficient (Wildman–Crippen LogP) is 4.71. The van der Waals surface area contributed by atoms with Gasteiger partial charge in [0.2, 0.25) is 5.91 Å². The second kappa shape index (κ2) is 10.9. The van der Waals surface area contributed by atoms with E-state index in [-0.39, 0.29) is 30.4 Å². The van der Waals surface area contributed by atoms with Crippen molar-refractivity contribution < 1.29 is 19.1 Å². The number of ketones is 1. The van der Waals surface area contributed by atoms with Crippen molar-refractivity contribution in [2.75, 3.05) is 25.6 Å². The number of carbonyl (C=O) groups excluding carboxylic acids is 2. The first-order valence-electron chi connectivity index (χ1n) is 11.7. The number of halogens is 1. The van der Waals surface area contributed by atoms with Crippen molar-refractivity contribution in [2.24, 2.45) is 11.8 Å². The minimum atomic E-state index is -0.403. The number of fused-ring (bicyclic) bond motifs is 2. The quantitative estimate of drug-likeness (QED) is 0.529. The first-order valence-corrected chi connectivity index (χ1v) is 12.0. The van der Waals surface area contributed by atoms with Crippen molar-refractivity contribution in [3.05, 3.63) is 47.2 Å². The summed E-state index contributed by atoms with van der Waals surface area (Å²) in [6.45, 7) is 4.74. The zero-order chi connectivity index (χ0) is 24.9. The molecule has 0 saturated heterocycles. The van der Waals surface area contributed by atoms with E-state index in [1.165, 1.54) is 6.33 Å². The Bertz CT molecular complexity index is 1250. The summed E-state index contributed by atoms with van der Waals surface area (Å²) >= 11 is 6.29. The van der Waals surface area contributed by atoms with Crippen LogP contribution in [0, 0.1) is 11.8 Å². The SMILES string of the molecule is COc1cc2ncnc3c2cc1OCCCNC(=O)[C@H](C(C)C)CC(=O)Cc1ccc(Cl)cc1N3. The van der Waals surface area contributed by atoms with Crippen LogP contribution in [-0.4, -0.2) is 41.9 Å². The second-order valence-corrected chi connectivity index (χ2v) is 9.37. The molecule has 0 radical (unpaired) electrons. The van der Waals surface area contributed by atoms with Crippen LogP contribution < -0.4 is 20.1 Å². The molecule has 0 spiro atoms. The molecule has 4 rings (SSSR count). The number of nitrogens with one attached hydrogen (secondary N) is 2. The summed E-state index contributed by atoms with van der Waals surface area (Å²) < 4.78 is 11.5. The number of hydrogen-bond donors (Lipinski definition) is 2. The lowest BCUT2D eigenvalue weighted by Crippen LogP contribution is -2.36. The standard InChI is InChI=1S/C26H29ClN4O4/c1-15(2)19-11-18(32)9-16-5-6-17(27)10-21(16)31-25-20-12-24(35-8-4-7-28-26(19)33)23(34-3)13-22(20)29-14-30-25/h5-6,10,12-15,19H,4,7-9,11H2,1-3H3,(H,28,33)(H,29,30,31)/t19-/m0/s1. The Morgan fingerprint density at radius 1 is 1.17 bits per heavy atom. The molecule has 2 bridgehead atoms. The molecule has 35 heavy (non-hydrogen) atoms. The Labute approximate surface area is 209 Å². The molecular formula is C26H29ClN4O4. The summed E-state index contributed by atoms with van der Waals surface area (Å²) in [5, 5.41) is 7.55. The molecule has 3 aromatic rings. The van der Waals surface area contributed by atoms with Gasteiger partial charge in [0.1, 0.15) is 17.9 Å². The molecule has 0 unspecified atom stereocenters. The van der Waals surface area contributed by atoms with Crippen LogP contribution in [-0.2, 0) is 16.0 Å². The highest BCUT2D eigenvalue weighted by Crippen LogP contribution is 2.36. The number of ether oxygens (including phenoxy) is 2. The average Bonchev–Trinajstić information content (AvgIpc) is 2.83. The molecule has 1 atom stereocenters. The summed E-state index contributed by atoms with van der Waals surface area (Å²) in [5.41, 5.74) is 2.11. The Morgan fingerprint density at radius 3 is 2.77 bits per heavy atom. The van der Waals surface area contributed by atoms with E-state index in [1.807, 2.05) is 26.0 Å². The lowest BCUT2D eigenvalue weighted by atomic mass is 9.88. The Hall–Kier alpha value is -3.39. The van der Waals surface area contributed by atoms with E-state index in [1.54, 1.807) is 25.3 Å². The minimum absolute atomic E-state index is 0.0172. The minimum Gasteiger partial charge on any atom is -0.493 e. The van der Waals surface area contributed by atoms with Crippen molar-refractivity contribution >= 4 is 45.7 Å². The van der Waals surface area contributed by atoms with Gasteiger partial charge in [0, 0.05) is 47.5 Å². The number of rotatable bonds is 2. The van der Waals surface area contributed by atoms with E-state index in [0.717, 1.165) is 10.9 Å². The Kier molecular flexibility index (Phi) is 7.70. The largest absolute Gasteiger partial charge is 0.493 e. The van der Waals surface area contributed by atoms with Gasteiger partial charge in [0.15, 0.2) is 11.5 Å². The van der Waals surface area contributed by atoms with Gasteiger partial charge in [0.05, 0.1) is 19.2 Å². The van der Waals surface area contributed by atoms with E-state index >= 15 is 0 Å². The maximum atomic E-state index is 13.0. The van der Waals surface area contributed by atoms with Gasteiger partial charge in [-0.25, -0.2) is 9.97 Å². The molecule has 2 aromatic carbocycles. The van der Waals surface area contributed by atoms with Crippen molar-refractivity contribution in [1.29, 1.82) is 0 Å². The predicted molar refractivity (Wildman–Crippen MR) is 136 cm³/mol. The van der Waals surface area contributed by atoms with Crippen molar-refractivity contribution in [3.8, 4) is 11.5 Å². The number of hydrogen-bond acceptors (Lipinski definition) is 7. The molecule has 0 saturated carbocycles. The summed E-state index contributed by atoms with van der Waals surface area (Å²) in [4.78, 5) is 34.7. The molecule has 2 heterocycles. The summed E-state index contributed by atoms with van der Waals surface area (Å²) in [7, 11) is 1.57. The number of Topliss-reactive ketones (excluding diaryl/α,β-unsaturated/α-hetero) is 1. The number of nitrogens with zero attached hydrogens (tertiary/aromatic N) is 2. The van der Waals surface area contributed by atoms with Gasteiger partial charge < -0.3 is 20.1 Å². The van der Waals surface area contributed by atoms with Crippen LogP contribution in [0.15, 0.2) is 36.7 Å². The first kappa shape index (κ1) is 24.7. The molecule has 184 valence electrons. The molecule has 1 aliphatic rings. The zero-order valence-electron chi connectivity index (χ0n) is 20.1. The third-order valence-electron chi connectivity index (χ3n) is 6.10. The second-order valence-electron chi connectivity index (χ2n) is 8.93. The topological polar surface area (TPSA) is 102 Å². The summed E-state index contributed by atoms with van der Waals surface area (Å²) in [5.74, 6) is 1.15. The number of carbonyl (C=O) groups is 2. The van der Waals surface area contributed by atoms with Gasteiger partial charge in [-0.2, -0.15) is 0 Å². The van der Waals surface area contributed by atoms with Crippen molar-refractivity contribution in [2.45, 2.75) is 33.1 Å². The van der Waals surface area contributed by atoms with E-state index in [9.17, 15) is 9.59 Å². The van der Waals surface area contributed by atoms with E-state index in [4.69, 9.17) is 21.1 Å². The van der Waals surface area contributed by atoms with Crippen LogP contribution in [0.5, 0.6) is 11.5 Å². The van der Waals surface area contributed by atoms with Crippen molar-refractivity contribution in [1.82, 2.24) is 15.3 Å². The van der Waals surface area contributed by atoms with E-state index < -0.39 is 5.92 Å². The van der Waals surface area contributed by atoms with Crippen LogP contribution in [0.25, 0.3) is 10.9 Å². The van der Waals surface area contributed by atoms with Gasteiger partial charge in [-0.3, -0.25) is 9.59 Å². The number of aromatic nitrogens is 2. The third kappa shape index (κ3) is 5.82. The third-order valence-corrected chi connectivity index (χ3v) is 6.34. The molecule has 2 N–H and O–H groups in total. The van der Waals surface area contributed by atoms with Crippen LogP contribution in [0.3, 0.4) is 0 Å². The normalized spacial score (nSPS) is 17.3. The maximum absolute atomic E-state index is 13.0. The number of amides is 1. The van der Waals surface area contributed by atoms with Gasteiger partial charge in [0.25, 0.3) is 0 Å². The fraction of sp³-hybridized carbons (Fsp3) is 0.385. The molecule has 9 heteroatoms. The fourth-order valence-corrected chi connectivity index (χ4v) is 4.31. The highest BCUT2D eigenvalue weighted by atomic mass is 35.5. The lowest BCUT2D eigenvalue weighted by Gasteiger charge is -2.20. The summed E-state index contributed by atoms with van der Waals surface area (Å²) in [6.07, 6.45) is 2.40. The monoisotopic (exact) mass is 496 g/mol. The highest BCUT2D eigenvalue weighted by molar-refractivity contribution is 6.31. The van der Waals surface area contributed by atoms with E-state index in [0.29, 0.717) is 53.1 Å². The average molecular weight is 497 g/mol. The van der Waals surface area contributed by atoms with Crippen LogP contribution in [0.1, 0.15) is 32.3 Å². The van der Waals surface area contributed by atoms with E-state index in [2.05, 4.69) is 20.6 Å². The smallest absolute Gasteiger partial charge is 0.223 e. The molecule has 1 aliphatic heterocycles. The Morgan fingerprint density at radius 2 is 2.00 bits per heavy atom. The number of benzene rings is 2. The highest BCUT2D eigenvalue weighted by Gasteiger charge is 2.25. The first-order chi connectivity index (χ1) is 16.9. The molecule has 1 aromatic heterocycles. The summed E-state index contributed by atoms with van der Waals surface area (Å²) in [6, 6.07) is 8.96. The van der Waals surface area contributed by atoms with Gasteiger partial charge >= 0.3 is 0 Å². The Balaban J connectivity index is 1.77. The number of methoxy groups -OCH3 is 1. The molecular weight excluding hydrogens is 468 g/mol. The molecule has 1 amide bonds. The van der Waals surface area contributed by atoms with Gasteiger partial charge in [-0.1, -0.05) is 31.5 Å². The van der Waals surface area contributed by atoms with Gasteiger partial charge in [-0.05, 0) is 36.1 Å². The van der Waals surface area contributed by atoms with Crippen LogP contribution in [0.2, 0.25) is 5.02 Å². The van der Waals surface area contributed by atoms with Gasteiger partial charge in [-0.15, -0.1) is 0 Å². The fourth-order valence-electron chi connectivity index (χ4n) is 4.14. The van der Waals surface area contributed by atoms with Crippen LogP contribution >= 0.6 is 11.6 Å². The lowest BCUT2D eigenvalue weighted by molar-refractivity contribution is -0.130. The molecule has 8 nitrogen and oxygen atoms in total. The number of anilines is 2. The zero-order valence-corrected chi connectivity index (χ0v) is 20.8.